The van der Waals surface area contributed by atoms with Gasteiger partial charge >= 0.3 is 0 Å². The summed E-state index contributed by atoms with van der Waals surface area (Å²) in [6, 6.07) is 0. The van der Waals surface area contributed by atoms with Crippen LogP contribution >= 0.6 is 0 Å². The summed E-state index contributed by atoms with van der Waals surface area (Å²) >= 11 is 0. The molecule has 0 radical (unpaired) electrons. The van der Waals surface area contributed by atoms with Gasteiger partial charge in [0.15, 0.2) is 0 Å². The number of hydroxylamine groups is 2. The fourth-order valence-corrected chi connectivity index (χ4v) is 4.67. The van der Waals surface area contributed by atoms with Crippen LogP contribution in [0.5, 0.6) is 0 Å². The third kappa shape index (κ3) is 3.92. The van der Waals surface area contributed by atoms with Crippen molar-refractivity contribution < 1.29 is 29.3 Å². The number of rotatable bonds is 8. The maximum Gasteiger partial charge on any atom is 0.248 e. The van der Waals surface area contributed by atoms with Crippen LogP contribution in [-0.4, -0.2) is 97.5 Å². The lowest BCUT2D eigenvalue weighted by atomic mass is 9.80. The number of aliphatic hydroxyl groups is 2. The molecule has 4 heterocycles. The van der Waals surface area contributed by atoms with E-state index in [0.29, 0.717) is 51.0 Å². The van der Waals surface area contributed by atoms with Gasteiger partial charge in [-0.25, -0.2) is 0 Å². The smallest absolute Gasteiger partial charge is 0.248 e. The Hall–Kier alpha value is -1.03. The van der Waals surface area contributed by atoms with E-state index in [2.05, 4.69) is 12.2 Å². The molecular formula is C19H30N2O6. The lowest BCUT2D eigenvalue weighted by molar-refractivity contribution is -0.166. The lowest BCUT2D eigenvalue weighted by Crippen LogP contribution is -2.47. The van der Waals surface area contributed by atoms with Crippen LogP contribution in [0.1, 0.15) is 12.8 Å². The summed E-state index contributed by atoms with van der Waals surface area (Å²) in [6.45, 7) is 3.66. The Labute approximate surface area is 159 Å². The van der Waals surface area contributed by atoms with Crippen molar-refractivity contribution in [1.29, 1.82) is 0 Å². The van der Waals surface area contributed by atoms with Gasteiger partial charge in [-0.05, 0) is 12.8 Å². The monoisotopic (exact) mass is 382 g/mol. The number of nitrogens with zero attached hydrogens (tertiary/aromatic N) is 2. The van der Waals surface area contributed by atoms with Crippen LogP contribution in [0, 0.1) is 17.3 Å². The average molecular weight is 382 g/mol. The highest BCUT2D eigenvalue weighted by atomic mass is 16.7. The Balaban J connectivity index is 1.08. The van der Waals surface area contributed by atoms with Crippen molar-refractivity contribution in [2.45, 2.75) is 25.0 Å². The maximum absolute atomic E-state index is 12.2. The second-order valence-corrected chi connectivity index (χ2v) is 8.21. The molecule has 8 nitrogen and oxygen atoms in total. The molecule has 8 heteroatoms. The van der Waals surface area contributed by atoms with Crippen molar-refractivity contribution in [3.05, 3.63) is 12.2 Å². The highest BCUT2D eigenvalue weighted by molar-refractivity contribution is 5.77. The SMILES string of the molecule is O=C(COCCON1CC2C3C=CC(O3)C2C1)N1CCC(CO)(CO)CC1. The Morgan fingerprint density at radius 3 is 2.30 bits per heavy atom. The highest BCUT2D eigenvalue weighted by Gasteiger charge is 2.50. The largest absolute Gasteiger partial charge is 0.396 e. The van der Waals surface area contributed by atoms with E-state index >= 15 is 0 Å². The first-order valence-electron chi connectivity index (χ1n) is 9.93. The van der Waals surface area contributed by atoms with Crippen LogP contribution in [0.3, 0.4) is 0 Å². The van der Waals surface area contributed by atoms with Gasteiger partial charge in [0, 0.05) is 43.4 Å². The minimum absolute atomic E-state index is 0.0404. The molecule has 3 saturated heterocycles. The Morgan fingerprint density at radius 1 is 1.07 bits per heavy atom. The first-order valence-corrected chi connectivity index (χ1v) is 9.93. The summed E-state index contributed by atoms with van der Waals surface area (Å²) in [6.07, 6.45) is 6.07. The number of likely N-dealkylation sites (tertiary alicyclic amines) is 1. The van der Waals surface area contributed by atoms with Gasteiger partial charge in [0.2, 0.25) is 5.91 Å². The van der Waals surface area contributed by atoms with Gasteiger partial charge in [-0.2, -0.15) is 5.06 Å². The molecule has 152 valence electrons. The fourth-order valence-electron chi connectivity index (χ4n) is 4.67. The average Bonchev–Trinajstić information content (AvgIpc) is 3.41. The van der Waals surface area contributed by atoms with E-state index in [9.17, 15) is 15.0 Å². The number of piperidine rings is 1. The van der Waals surface area contributed by atoms with Crippen LogP contribution < -0.4 is 0 Å². The van der Waals surface area contributed by atoms with Crippen molar-refractivity contribution in [2.24, 2.45) is 17.3 Å². The quantitative estimate of drug-likeness (QED) is 0.428. The van der Waals surface area contributed by atoms with E-state index in [4.69, 9.17) is 14.3 Å². The van der Waals surface area contributed by atoms with E-state index in [1.54, 1.807) is 4.90 Å². The summed E-state index contributed by atoms with van der Waals surface area (Å²) in [4.78, 5) is 19.8. The molecule has 27 heavy (non-hydrogen) atoms. The number of aliphatic hydroxyl groups excluding tert-OH is 2. The first kappa shape index (κ1) is 19.3. The minimum Gasteiger partial charge on any atom is -0.396 e. The Bertz CT molecular complexity index is 536. The zero-order valence-corrected chi connectivity index (χ0v) is 15.7. The topological polar surface area (TPSA) is 91.7 Å². The second kappa shape index (κ2) is 8.14. The van der Waals surface area contributed by atoms with Crippen LogP contribution in [0.15, 0.2) is 12.2 Å². The number of hydrogen-bond acceptors (Lipinski definition) is 7. The molecule has 2 bridgehead atoms. The molecule has 1 amide bonds. The summed E-state index contributed by atoms with van der Waals surface area (Å²) in [5.74, 6) is 1.02. The van der Waals surface area contributed by atoms with Crippen LogP contribution in [0.2, 0.25) is 0 Å². The maximum atomic E-state index is 12.2. The number of carbonyl (C=O) groups is 1. The van der Waals surface area contributed by atoms with Crippen molar-refractivity contribution in [1.82, 2.24) is 9.96 Å². The van der Waals surface area contributed by atoms with E-state index in [1.807, 2.05) is 5.06 Å². The van der Waals surface area contributed by atoms with Gasteiger partial charge in [0.05, 0.1) is 38.6 Å². The number of fused-ring (bicyclic) bond motifs is 5. The Morgan fingerprint density at radius 2 is 1.70 bits per heavy atom. The molecule has 4 atom stereocenters. The van der Waals surface area contributed by atoms with Crippen molar-refractivity contribution in [3.63, 3.8) is 0 Å². The molecule has 0 spiro atoms. The molecule has 2 N–H and O–H groups in total. The molecule has 0 aromatic carbocycles. The summed E-state index contributed by atoms with van der Waals surface area (Å²) < 4.78 is 11.3. The third-order valence-electron chi connectivity index (χ3n) is 6.60. The van der Waals surface area contributed by atoms with Crippen molar-refractivity contribution >= 4 is 5.91 Å². The van der Waals surface area contributed by atoms with Crippen molar-refractivity contribution in [2.75, 3.05) is 59.2 Å². The van der Waals surface area contributed by atoms with E-state index < -0.39 is 5.41 Å². The van der Waals surface area contributed by atoms with Gasteiger partial charge in [-0.3, -0.25) is 9.63 Å². The minimum atomic E-state index is -0.445. The van der Waals surface area contributed by atoms with Crippen LogP contribution in [-0.2, 0) is 19.1 Å². The predicted molar refractivity (Wildman–Crippen MR) is 95.5 cm³/mol. The molecule has 4 aliphatic rings. The van der Waals surface area contributed by atoms with Gasteiger partial charge in [0.1, 0.15) is 6.61 Å². The number of ether oxygens (including phenoxy) is 2. The zero-order valence-electron chi connectivity index (χ0n) is 15.7. The second-order valence-electron chi connectivity index (χ2n) is 8.21. The van der Waals surface area contributed by atoms with Crippen molar-refractivity contribution in [3.8, 4) is 0 Å². The molecule has 4 aliphatic heterocycles. The van der Waals surface area contributed by atoms with Crippen LogP contribution in [0.4, 0.5) is 0 Å². The van der Waals surface area contributed by atoms with E-state index in [1.165, 1.54) is 0 Å². The fraction of sp³-hybridized carbons (Fsp3) is 0.842. The van der Waals surface area contributed by atoms with E-state index in [0.717, 1.165) is 13.1 Å². The molecule has 0 aromatic rings. The molecule has 0 aliphatic carbocycles. The molecule has 4 unspecified atom stereocenters. The normalized spacial score (nSPS) is 34.4. The molecule has 0 aromatic heterocycles. The van der Waals surface area contributed by atoms with Gasteiger partial charge in [-0.1, -0.05) is 12.2 Å². The standard InChI is InChI=1S/C19H30N2O6/c22-12-19(13-23)3-5-20(6-4-19)18(24)11-25-7-8-26-21-9-14-15(10-21)17-2-1-16(14)27-17/h1-2,14-17,22-23H,3-13H2. The summed E-state index contributed by atoms with van der Waals surface area (Å²) in [5, 5.41) is 20.9. The van der Waals surface area contributed by atoms with Gasteiger partial charge in [-0.15, -0.1) is 0 Å². The molecular weight excluding hydrogens is 352 g/mol. The summed E-state index contributed by atoms with van der Waals surface area (Å²) in [7, 11) is 0. The number of amides is 1. The van der Waals surface area contributed by atoms with Gasteiger partial charge < -0.3 is 24.6 Å². The first-order chi connectivity index (χ1) is 13.1. The molecule has 3 fully saturated rings. The Kier molecular flexibility index (Phi) is 5.82. The van der Waals surface area contributed by atoms with Crippen LogP contribution in [0.25, 0.3) is 0 Å². The lowest BCUT2D eigenvalue weighted by Gasteiger charge is -2.39. The van der Waals surface area contributed by atoms with Gasteiger partial charge in [0.25, 0.3) is 0 Å². The summed E-state index contributed by atoms with van der Waals surface area (Å²) in [5.41, 5.74) is -0.445. The number of carbonyl (C=O) groups excluding carboxylic acids is 1. The molecule has 0 saturated carbocycles. The van der Waals surface area contributed by atoms with E-state index in [-0.39, 0.29) is 37.9 Å². The zero-order chi connectivity index (χ0) is 18.9. The number of hydrogen-bond donors (Lipinski definition) is 2. The predicted octanol–water partition coefficient (Wildman–Crippen LogP) is -0.587. The molecule has 4 rings (SSSR count). The third-order valence-corrected chi connectivity index (χ3v) is 6.60. The highest BCUT2D eigenvalue weighted by Crippen LogP contribution is 2.43.